The number of imide groups is 1. The van der Waals surface area contributed by atoms with Crippen LogP contribution >= 0.6 is 0 Å². The molecule has 4 aromatic rings. The van der Waals surface area contributed by atoms with E-state index in [9.17, 15) is 9.59 Å². The number of ether oxygens (including phenoxy) is 1. The molecule has 4 aromatic carbocycles. The second-order valence-electron chi connectivity index (χ2n) is 10.3. The highest BCUT2D eigenvalue weighted by molar-refractivity contribution is 6.25. The van der Waals surface area contributed by atoms with Crippen LogP contribution in [0.25, 0.3) is 0 Å². The molecule has 2 atom stereocenters. The van der Waals surface area contributed by atoms with Gasteiger partial charge < -0.3 is 4.74 Å². The molecule has 2 unspecified atom stereocenters. The van der Waals surface area contributed by atoms with Gasteiger partial charge in [0.2, 0.25) is 11.8 Å². The average molecular weight is 499 g/mol. The number of rotatable bonds is 4. The van der Waals surface area contributed by atoms with Gasteiger partial charge in [0.25, 0.3) is 0 Å². The molecular formula is C33H26N2O3. The van der Waals surface area contributed by atoms with E-state index in [2.05, 4.69) is 24.3 Å². The summed E-state index contributed by atoms with van der Waals surface area (Å²) < 4.78 is 5.30. The van der Waals surface area contributed by atoms with Gasteiger partial charge in [-0.05, 0) is 65.1 Å². The lowest BCUT2D eigenvalue weighted by Gasteiger charge is -2.52. The number of benzene rings is 4. The number of carbonyl (C=O) groups is 2. The Morgan fingerprint density at radius 2 is 1.39 bits per heavy atom. The molecule has 4 aliphatic rings. The van der Waals surface area contributed by atoms with E-state index >= 15 is 0 Å². The van der Waals surface area contributed by atoms with Gasteiger partial charge in [0.1, 0.15) is 5.75 Å². The van der Waals surface area contributed by atoms with E-state index in [1.807, 2.05) is 61.7 Å². The Hall–Kier alpha value is -4.51. The third kappa shape index (κ3) is 2.90. The second kappa shape index (κ2) is 8.25. The fourth-order valence-electron chi connectivity index (χ4n) is 6.92. The van der Waals surface area contributed by atoms with Crippen LogP contribution in [-0.4, -0.2) is 25.1 Å². The Morgan fingerprint density at radius 1 is 0.789 bits per heavy atom. The summed E-state index contributed by atoms with van der Waals surface area (Å²) in [4.78, 5) is 35.0. The molecule has 38 heavy (non-hydrogen) atoms. The second-order valence-corrected chi connectivity index (χ2v) is 10.3. The van der Waals surface area contributed by atoms with Gasteiger partial charge >= 0.3 is 0 Å². The number of hydrogen-bond acceptors (Lipinski definition) is 4. The largest absolute Gasteiger partial charge is 0.497 e. The molecule has 1 heterocycles. The average Bonchev–Trinajstić information content (AvgIpc) is 3.23. The maximum Gasteiger partial charge on any atom is 0.239 e. The minimum atomic E-state index is -0.872. The number of aryl methyl sites for hydroxylation is 1. The molecule has 0 saturated carbocycles. The lowest BCUT2D eigenvalue weighted by Crippen LogP contribution is -2.54. The number of anilines is 1. The molecule has 0 radical (unpaired) electrons. The van der Waals surface area contributed by atoms with Gasteiger partial charge in [0, 0.05) is 12.1 Å². The third-order valence-corrected chi connectivity index (χ3v) is 8.54. The number of para-hydroxylation sites is 1. The predicted molar refractivity (Wildman–Crippen MR) is 147 cm³/mol. The lowest BCUT2D eigenvalue weighted by molar-refractivity contribution is -0.122. The van der Waals surface area contributed by atoms with Crippen molar-refractivity contribution in [2.45, 2.75) is 18.3 Å². The van der Waals surface area contributed by atoms with Gasteiger partial charge in [-0.3, -0.25) is 14.6 Å². The Kier molecular flexibility index (Phi) is 4.92. The van der Waals surface area contributed by atoms with Crippen molar-refractivity contribution in [1.82, 2.24) is 0 Å². The molecule has 1 aliphatic heterocycles. The van der Waals surface area contributed by atoms with Crippen molar-refractivity contribution in [1.29, 1.82) is 0 Å². The normalized spacial score (nSPS) is 24.9. The summed E-state index contributed by atoms with van der Waals surface area (Å²) in [6.45, 7) is 2.03. The number of hydrogen-bond donors (Lipinski definition) is 0. The van der Waals surface area contributed by atoms with Gasteiger partial charge in [0.15, 0.2) is 0 Å². The number of methoxy groups -OCH3 is 1. The van der Waals surface area contributed by atoms with Gasteiger partial charge in [-0.1, -0.05) is 66.7 Å². The monoisotopic (exact) mass is 498 g/mol. The summed E-state index contributed by atoms with van der Waals surface area (Å²) >= 11 is 0. The van der Waals surface area contributed by atoms with E-state index in [4.69, 9.17) is 9.73 Å². The van der Waals surface area contributed by atoms with E-state index in [0.717, 1.165) is 33.5 Å². The minimum Gasteiger partial charge on any atom is -0.497 e. The van der Waals surface area contributed by atoms with Crippen LogP contribution in [0, 0.1) is 18.8 Å². The Balaban J connectivity index is 1.49. The Labute approximate surface area is 221 Å². The van der Waals surface area contributed by atoms with Crippen molar-refractivity contribution >= 4 is 29.4 Å². The van der Waals surface area contributed by atoms with Crippen LogP contribution in [0.4, 0.5) is 11.4 Å². The Bertz CT molecular complexity index is 1590. The summed E-state index contributed by atoms with van der Waals surface area (Å²) in [6, 6.07) is 31.6. The van der Waals surface area contributed by atoms with E-state index in [1.165, 1.54) is 4.90 Å². The maximum absolute atomic E-state index is 14.4. The van der Waals surface area contributed by atoms with Crippen LogP contribution in [0.5, 0.6) is 5.75 Å². The van der Waals surface area contributed by atoms with Crippen molar-refractivity contribution < 1.29 is 14.3 Å². The topological polar surface area (TPSA) is 59.0 Å². The van der Waals surface area contributed by atoms with Crippen LogP contribution in [-0.2, 0) is 15.0 Å². The van der Waals surface area contributed by atoms with E-state index in [1.54, 1.807) is 31.4 Å². The number of amides is 2. The first-order valence-corrected chi connectivity index (χ1v) is 12.9. The van der Waals surface area contributed by atoms with Crippen molar-refractivity contribution in [2.24, 2.45) is 16.8 Å². The van der Waals surface area contributed by atoms with Gasteiger partial charge in [-0.25, -0.2) is 4.90 Å². The van der Waals surface area contributed by atoms with Crippen molar-refractivity contribution in [3.8, 4) is 5.75 Å². The molecular weight excluding hydrogens is 472 g/mol. The predicted octanol–water partition coefficient (Wildman–Crippen LogP) is 5.96. The van der Waals surface area contributed by atoms with Gasteiger partial charge in [-0.15, -0.1) is 0 Å². The molecule has 2 bridgehead atoms. The summed E-state index contributed by atoms with van der Waals surface area (Å²) in [5.41, 5.74) is 5.90. The summed E-state index contributed by atoms with van der Waals surface area (Å²) in [7, 11) is 1.60. The molecule has 0 aromatic heterocycles. The SMILES string of the molecule is COc1ccc(N2C(=O)C3C4c5ccccc5C(C=Nc5ccccc5C)(c5ccccc54)C3C2=O)cc1. The van der Waals surface area contributed by atoms with Crippen LogP contribution in [0.3, 0.4) is 0 Å². The summed E-state index contributed by atoms with van der Waals surface area (Å²) in [6.07, 6.45) is 1.95. The minimum absolute atomic E-state index is 0.159. The first-order valence-electron chi connectivity index (χ1n) is 12.9. The van der Waals surface area contributed by atoms with E-state index in [-0.39, 0.29) is 17.7 Å². The third-order valence-electron chi connectivity index (χ3n) is 8.54. The van der Waals surface area contributed by atoms with Crippen LogP contribution in [0.15, 0.2) is 102 Å². The molecule has 2 amide bonds. The smallest absolute Gasteiger partial charge is 0.239 e. The first-order chi connectivity index (χ1) is 18.6. The summed E-state index contributed by atoms with van der Waals surface area (Å²) in [5, 5.41) is 0. The first kappa shape index (κ1) is 22.7. The molecule has 1 saturated heterocycles. The fourth-order valence-corrected chi connectivity index (χ4v) is 6.92. The highest BCUT2D eigenvalue weighted by atomic mass is 16.5. The number of aliphatic imine (C=N–C) groups is 1. The zero-order valence-corrected chi connectivity index (χ0v) is 21.2. The standard InChI is InChI=1S/C33H26N2O3/c1-20-9-3-8-14-27(20)34-19-33-25-12-6-4-10-23(25)28(24-11-5-7-13-26(24)33)29-30(33)32(37)35(31(29)36)21-15-17-22(38-2)18-16-21/h3-19,28-30H,1-2H3. The fraction of sp³-hybridized carbons (Fsp3) is 0.182. The highest BCUT2D eigenvalue weighted by Gasteiger charge is 2.67. The zero-order chi connectivity index (χ0) is 26.0. The molecule has 186 valence electrons. The number of nitrogens with zero attached hydrogens (tertiary/aromatic N) is 2. The Morgan fingerprint density at radius 3 is 2.03 bits per heavy atom. The van der Waals surface area contributed by atoms with E-state index < -0.39 is 17.3 Å². The van der Waals surface area contributed by atoms with Gasteiger partial charge in [-0.2, -0.15) is 0 Å². The lowest BCUT2D eigenvalue weighted by atomic mass is 9.47. The molecule has 5 heteroatoms. The highest BCUT2D eigenvalue weighted by Crippen LogP contribution is 2.63. The molecule has 3 aliphatic carbocycles. The van der Waals surface area contributed by atoms with Crippen molar-refractivity contribution in [3.63, 3.8) is 0 Å². The van der Waals surface area contributed by atoms with Crippen LogP contribution in [0.2, 0.25) is 0 Å². The van der Waals surface area contributed by atoms with Crippen LogP contribution < -0.4 is 9.64 Å². The van der Waals surface area contributed by atoms with Crippen molar-refractivity contribution in [2.75, 3.05) is 12.0 Å². The van der Waals surface area contributed by atoms with Crippen molar-refractivity contribution in [3.05, 3.63) is 125 Å². The molecule has 1 fully saturated rings. The zero-order valence-electron chi connectivity index (χ0n) is 21.2. The quantitative estimate of drug-likeness (QED) is 0.258. The van der Waals surface area contributed by atoms with Crippen LogP contribution in [0.1, 0.15) is 33.7 Å². The molecule has 0 spiro atoms. The summed E-state index contributed by atoms with van der Waals surface area (Å²) in [5.74, 6) is -0.978. The van der Waals surface area contributed by atoms with Gasteiger partial charge in [0.05, 0.1) is 35.7 Å². The maximum atomic E-state index is 14.4. The molecule has 8 rings (SSSR count). The molecule has 5 nitrogen and oxygen atoms in total. The number of carbonyl (C=O) groups excluding carboxylic acids is 2. The van der Waals surface area contributed by atoms with E-state index in [0.29, 0.717) is 11.4 Å². The molecule has 0 N–H and O–H groups in total.